The van der Waals surface area contributed by atoms with Crippen molar-refractivity contribution < 1.29 is 14.4 Å². The van der Waals surface area contributed by atoms with Crippen LogP contribution < -0.4 is 0 Å². The van der Waals surface area contributed by atoms with E-state index in [0.29, 0.717) is 27.8 Å². The van der Waals surface area contributed by atoms with Crippen molar-refractivity contribution in [1.82, 2.24) is 0 Å². The second kappa shape index (κ2) is 3.76. The first kappa shape index (κ1) is 10.6. The number of rotatable bonds is 0. The van der Waals surface area contributed by atoms with Crippen LogP contribution in [0, 0.1) is 0 Å². The molecule has 3 heteroatoms. The fourth-order valence-electron chi connectivity index (χ4n) is 2.30. The molecule has 0 aliphatic heterocycles. The van der Waals surface area contributed by atoms with Gasteiger partial charge in [0.25, 0.3) is 0 Å². The van der Waals surface area contributed by atoms with Crippen LogP contribution in [0.2, 0.25) is 0 Å². The summed E-state index contributed by atoms with van der Waals surface area (Å²) in [6, 6.07) is 6.75. The Kier molecular flexibility index (Phi) is 2.22. The molecule has 0 saturated heterocycles. The van der Waals surface area contributed by atoms with Crippen LogP contribution in [-0.4, -0.2) is 17.5 Å². The molecule has 0 radical (unpaired) electrons. The lowest BCUT2D eigenvalue weighted by Gasteiger charge is -2.21. The Bertz CT molecular complexity index is 698. The first-order valence-electron chi connectivity index (χ1n) is 5.56. The molecule has 0 saturated carbocycles. The van der Waals surface area contributed by atoms with Gasteiger partial charge >= 0.3 is 0 Å². The Morgan fingerprint density at radius 2 is 1.61 bits per heavy atom. The third kappa shape index (κ3) is 1.35. The molecule has 0 heterocycles. The van der Waals surface area contributed by atoms with E-state index in [-0.39, 0.29) is 18.0 Å². The van der Waals surface area contributed by atoms with Gasteiger partial charge < -0.3 is 0 Å². The van der Waals surface area contributed by atoms with E-state index < -0.39 is 0 Å². The van der Waals surface area contributed by atoms with Gasteiger partial charge in [0.05, 0.1) is 0 Å². The molecule has 0 bridgehead atoms. The summed E-state index contributed by atoms with van der Waals surface area (Å²) in [7, 11) is 0. The van der Waals surface area contributed by atoms with Crippen LogP contribution in [-0.2, 0) is 4.79 Å². The zero-order chi connectivity index (χ0) is 12.7. The number of Topliss-reactive ketones (excluding diaryl/α,β-unsaturated/α-hetero) is 2. The molecule has 0 atom stereocenters. The van der Waals surface area contributed by atoms with Crippen LogP contribution in [0.3, 0.4) is 0 Å². The van der Waals surface area contributed by atoms with Gasteiger partial charge in [-0.3, -0.25) is 9.59 Å². The predicted octanol–water partition coefficient (Wildman–Crippen LogP) is 2.08. The summed E-state index contributed by atoms with van der Waals surface area (Å²) in [4.78, 5) is 35.1. The molecule has 0 fully saturated rings. The van der Waals surface area contributed by atoms with E-state index in [1.165, 1.54) is 6.08 Å². The largest absolute Gasteiger partial charge is 0.289 e. The van der Waals surface area contributed by atoms with Crippen molar-refractivity contribution in [3.05, 3.63) is 64.3 Å². The van der Waals surface area contributed by atoms with Crippen LogP contribution in [0.1, 0.15) is 27.1 Å². The van der Waals surface area contributed by atoms with E-state index in [0.717, 1.165) is 0 Å². The first-order chi connectivity index (χ1) is 8.72. The smallest absolute Gasteiger partial charge is 0.194 e. The molecular formula is C15H8O3. The number of allylic oxidation sites excluding steroid dienone is 5. The third-order valence-electron chi connectivity index (χ3n) is 3.21. The monoisotopic (exact) mass is 236 g/mol. The minimum absolute atomic E-state index is 0.151. The van der Waals surface area contributed by atoms with Crippen LogP contribution in [0.5, 0.6) is 0 Å². The Morgan fingerprint density at radius 3 is 2.28 bits per heavy atom. The molecule has 0 spiro atoms. The van der Waals surface area contributed by atoms with E-state index in [1.54, 1.807) is 36.3 Å². The number of ketones is 2. The highest BCUT2D eigenvalue weighted by atomic mass is 16.1. The molecule has 3 nitrogen and oxygen atoms in total. The molecule has 0 N–H and O–H groups in total. The van der Waals surface area contributed by atoms with Crippen LogP contribution >= 0.6 is 0 Å². The third-order valence-corrected chi connectivity index (χ3v) is 3.21. The lowest BCUT2D eigenvalue weighted by atomic mass is 9.79. The topological polar surface area (TPSA) is 51.2 Å². The summed E-state index contributed by atoms with van der Waals surface area (Å²) in [6.07, 6.45) is 3.27. The molecule has 3 rings (SSSR count). The fraction of sp³-hybridized carbons (Fsp3) is 0.0667. The summed E-state index contributed by atoms with van der Waals surface area (Å²) in [5, 5.41) is 0. The summed E-state index contributed by atoms with van der Waals surface area (Å²) in [5.41, 5.74) is 2.05. The maximum absolute atomic E-state index is 12.3. The Hall–Kier alpha value is -2.51. The van der Waals surface area contributed by atoms with Gasteiger partial charge in [-0.25, -0.2) is 4.79 Å². The molecule has 0 aromatic heterocycles. The lowest BCUT2D eigenvalue weighted by Crippen LogP contribution is -2.23. The number of fused-ring (bicyclic) bond motifs is 1. The molecule has 86 valence electrons. The van der Waals surface area contributed by atoms with Crippen LogP contribution in [0.25, 0.3) is 0 Å². The second-order valence-corrected chi connectivity index (χ2v) is 4.23. The van der Waals surface area contributed by atoms with Crippen molar-refractivity contribution in [1.29, 1.82) is 0 Å². The minimum Gasteiger partial charge on any atom is -0.289 e. The van der Waals surface area contributed by atoms with E-state index in [9.17, 15) is 14.4 Å². The van der Waals surface area contributed by atoms with Gasteiger partial charge in [0, 0.05) is 34.3 Å². The Balaban J connectivity index is 2.22. The number of hydrogen-bond acceptors (Lipinski definition) is 3. The highest BCUT2D eigenvalue weighted by molar-refractivity contribution is 6.28. The standard InChI is InChI=1S/C15H8O3/c16-8-9-5-6-12-13(7-9)15(18)11-4-2-1-3-10(11)14(12)17/h1-6H,7H2. The quantitative estimate of drug-likeness (QED) is 0.648. The van der Waals surface area contributed by atoms with Gasteiger partial charge in [0.1, 0.15) is 5.94 Å². The van der Waals surface area contributed by atoms with Gasteiger partial charge in [-0.1, -0.05) is 24.3 Å². The van der Waals surface area contributed by atoms with Gasteiger partial charge in [-0.05, 0) is 12.2 Å². The van der Waals surface area contributed by atoms with Gasteiger partial charge in [0.2, 0.25) is 0 Å². The van der Waals surface area contributed by atoms with Gasteiger partial charge in [0.15, 0.2) is 11.6 Å². The fourth-order valence-corrected chi connectivity index (χ4v) is 2.30. The molecule has 0 unspecified atom stereocenters. The van der Waals surface area contributed by atoms with Gasteiger partial charge in [-0.15, -0.1) is 0 Å². The molecule has 2 aliphatic carbocycles. The summed E-state index contributed by atoms with van der Waals surface area (Å²) >= 11 is 0. The predicted molar refractivity (Wildman–Crippen MR) is 65.1 cm³/mol. The van der Waals surface area contributed by atoms with Crippen molar-refractivity contribution in [2.75, 3.05) is 0 Å². The number of carbonyl (C=O) groups is 2. The average Bonchev–Trinajstić information content (AvgIpc) is 2.44. The number of hydrogen-bond donors (Lipinski definition) is 0. The highest BCUT2D eigenvalue weighted by Crippen LogP contribution is 2.32. The average molecular weight is 236 g/mol. The van der Waals surface area contributed by atoms with Crippen molar-refractivity contribution in [2.45, 2.75) is 6.42 Å². The molecule has 1 aromatic carbocycles. The molecule has 1 aromatic rings. The summed E-state index contributed by atoms with van der Waals surface area (Å²) < 4.78 is 0. The normalized spacial score (nSPS) is 17.4. The lowest BCUT2D eigenvalue weighted by molar-refractivity contribution is 0.0975. The highest BCUT2D eigenvalue weighted by Gasteiger charge is 2.32. The first-order valence-corrected chi connectivity index (χ1v) is 5.56. The Morgan fingerprint density at radius 1 is 0.944 bits per heavy atom. The van der Waals surface area contributed by atoms with Crippen molar-refractivity contribution in [3.8, 4) is 0 Å². The summed E-state index contributed by atoms with van der Waals surface area (Å²) in [6.45, 7) is 0. The summed E-state index contributed by atoms with van der Waals surface area (Å²) in [5.74, 6) is 1.46. The van der Waals surface area contributed by atoms with Gasteiger partial charge in [-0.2, -0.15) is 0 Å². The van der Waals surface area contributed by atoms with E-state index in [4.69, 9.17) is 0 Å². The molecular weight excluding hydrogens is 228 g/mol. The van der Waals surface area contributed by atoms with E-state index in [2.05, 4.69) is 0 Å². The second-order valence-electron chi connectivity index (χ2n) is 4.23. The van der Waals surface area contributed by atoms with Crippen molar-refractivity contribution >= 4 is 17.5 Å². The maximum Gasteiger partial charge on any atom is 0.194 e. The minimum atomic E-state index is -0.169. The number of benzene rings is 1. The SMILES string of the molecule is O=C=C1C=CC2=C(C1)C(=O)c1ccccc1C2=O. The molecule has 0 amide bonds. The van der Waals surface area contributed by atoms with E-state index >= 15 is 0 Å². The van der Waals surface area contributed by atoms with Crippen LogP contribution in [0.4, 0.5) is 0 Å². The van der Waals surface area contributed by atoms with Crippen molar-refractivity contribution in [3.63, 3.8) is 0 Å². The zero-order valence-corrected chi connectivity index (χ0v) is 9.40. The van der Waals surface area contributed by atoms with Crippen molar-refractivity contribution in [2.24, 2.45) is 0 Å². The molecule has 2 aliphatic rings. The Labute approximate surface area is 103 Å². The van der Waals surface area contributed by atoms with E-state index in [1.807, 2.05) is 0 Å². The zero-order valence-electron chi connectivity index (χ0n) is 9.40. The van der Waals surface area contributed by atoms with Crippen LogP contribution in [0.15, 0.2) is 53.1 Å². The maximum atomic E-state index is 12.3. The number of carbonyl (C=O) groups excluding carboxylic acids is 3. The molecule has 18 heavy (non-hydrogen) atoms.